The summed E-state index contributed by atoms with van der Waals surface area (Å²) in [6.07, 6.45) is 8.46. The highest BCUT2D eigenvalue weighted by molar-refractivity contribution is 4.82. The third-order valence-corrected chi connectivity index (χ3v) is 4.82. The van der Waals surface area contributed by atoms with Crippen LogP contribution in [-0.4, -0.2) is 62.7 Å². The van der Waals surface area contributed by atoms with Crippen LogP contribution in [0.25, 0.3) is 0 Å². The summed E-state index contributed by atoms with van der Waals surface area (Å²) in [5.41, 5.74) is 0. The molecule has 1 aliphatic heterocycles. The summed E-state index contributed by atoms with van der Waals surface area (Å²) >= 11 is 0. The van der Waals surface area contributed by atoms with Gasteiger partial charge in [0, 0.05) is 25.7 Å². The first-order chi connectivity index (χ1) is 8.79. The molecule has 2 rings (SSSR count). The van der Waals surface area contributed by atoms with Crippen LogP contribution in [0.5, 0.6) is 0 Å². The molecule has 3 heteroatoms. The molecule has 1 aliphatic carbocycles. The Morgan fingerprint density at radius 2 is 1.83 bits per heavy atom. The van der Waals surface area contributed by atoms with Crippen molar-refractivity contribution in [1.29, 1.82) is 0 Å². The van der Waals surface area contributed by atoms with Crippen LogP contribution >= 0.6 is 0 Å². The molecule has 0 bridgehead atoms. The van der Waals surface area contributed by atoms with Gasteiger partial charge in [-0.25, -0.2) is 0 Å². The van der Waals surface area contributed by atoms with Crippen LogP contribution < -0.4 is 5.32 Å². The standard InChI is InChI=1S/C15H31N3/c1-16-15-8-4-3-7-14(15)13-17(2)11-12-18-9-5-6-10-18/h14-16H,3-13H2,1-2H3. The SMILES string of the molecule is CNC1CCCCC1CN(C)CCN1CCCC1. The molecule has 0 amide bonds. The first-order valence-electron chi connectivity index (χ1n) is 7.88. The van der Waals surface area contributed by atoms with Crippen LogP contribution in [0.3, 0.4) is 0 Å². The van der Waals surface area contributed by atoms with Crippen molar-refractivity contribution in [3.05, 3.63) is 0 Å². The number of nitrogens with zero attached hydrogens (tertiary/aromatic N) is 2. The second kappa shape index (κ2) is 7.46. The number of likely N-dealkylation sites (N-methyl/N-ethyl adjacent to an activating group) is 1. The summed E-state index contributed by atoms with van der Waals surface area (Å²) in [5, 5.41) is 3.52. The van der Waals surface area contributed by atoms with Crippen LogP contribution in [0.2, 0.25) is 0 Å². The van der Waals surface area contributed by atoms with Gasteiger partial charge in [-0.2, -0.15) is 0 Å². The second-order valence-corrected chi connectivity index (χ2v) is 6.25. The Hall–Kier alpha value is -0.120. The van der Waals surface area contributed by atoms with Crippen LogP contribution in [0.4, 0.5) is 0 Å². The first-order valence-corrected chi connectivity index (χ1v) is 7.88. The molecule has 1 heterocycles. The van der Waals surface area contributed by atoms with E-state index in [2.05, 4.69) is 29.2 Å². The van der Waals surface area contributed by atoms with Crippen molar-refractivity contribution in [3.63, 3.8) is 0 Å². The third kappa shape index (κ3) is 4.22. The number of rotatable bonds is 6. The van der Waals surface area contributed by atoms with Gasteiger partial charge in [-0.05, 0) is 58.8 Å². The fourth-order valence-corrected chi connectivity index (χ4v) is 3.62. The molecule has 106 valence electrons. The van der Waals surface area contributed by atoms with Gasteiger partial charge >= 0.3 is 0 Å². The highest BCUT2D eigenvalue weighted by atomic mass is 15.2. The van der Waals surface area contributed by atoms with Crippen molar-refractivity contribution in [2.45, 2.75) is 44.6 Å². The van der Waals surface area contributed by atoms with Gasteiger partial charge in [-0.1, -0.05) is 12.8 Å². The first kappa shape index (κ1) is 14.3. The van der Waals surface area contributed by atoms with E-state index in [9.17, 15) is 0 Å². The maximum absolute atomic E-state index is 3.52. The Kier molecular flexibility index (Phi) is 5.93. The maximum Gasteiger partial charge on any atom is 0.0109 e. The quantitative estimate of drug-likeness (QED) is 0.778. The van der Waals surface area contributed by atoms with Crippen molar-refractivity contribution in [1.82, 2.24) is 15.1 Å². The van der Waals surface area contributed by atoms with Gasteiger partial charge in [0.25, 0.3) is 0 Å². The van der Waals surface area contributed by atoms with E-state index in [1.807, 2.05) is 0 Å². The zero-order valence-electron chi connectivity index (χ0n) is 12.3. The van der Waals surface area contributed by atoms with Gasteiger partial charge in [0.1, 0.15) is 0 Å². The molecule has 0 spiro atoms. The smallest absolute Gasteiger partial charge is 0.0109 e. The zero-order chi connectivity index (χ0) is 12.8. The minimum absolute atomic E-state index is 0.757. The van der Waals surface area contributed by atoms with Crippen molar-refractivity contribution in [2.75, 3.05) is 46.8 Å². The molecule has 0 aromatic carbocycles. The highest BCUT2D eigenvalue weighted by Crippen LogP contribution is 2.24. The predicted molar refractivity (Wildman–Crippen MR) is 78.0 cm³/mol. The number of hydrogen-bond acceptors (Lipinski definition) is 3. The number of nitrogens with one attached hydrogen (secondary N) is 1. The number of likely N-dealkylation sites (tertiary alicyclic amines) is 1. The van der Waals surface area contributed by atoms with E-state index < -0.39 is 0 Å². The van der Waals surface area contributed by atoms with E-state index in [1.54, 1.807) is 0 Å². The fourth-order valence-electron chi connectivity index (χ4n) is 3.62. The molecule has 0 aromatic rings. The largest absolute Gasteiger partial charge is 0.317 e. The van der Waals surface area contributed by atoms with Crippen LogP contribution in [-0.2, 0) is 0 Å². The van der Waals surface area contributed by atoms with Crippen molar-refractivity contribution >= 4 is 0 Å². The Morgan fingerprint density at radius 1 is 1.11 bits per heavy atom. The molecule has 1 saturated heterocycles. The van der Waals surface area contributed by atoms with Crippen LogP contribution in [0.15, 0.2) is 0 Å². The van der Waals surface area contributed by atoms with Crippen molar-refractivity contribution in [2.24, 2.45) is 5.92 Å². The van der Waals surface area contributed by atoms with Crippen LogP contribution in [0.1, 0.15) is 38.5 Å². The van der Waals surface area contributed by atoms with Gasteiger partial charge in [0.15, 0.2) is 0 Å². The summed E-state index contributed by atoms with van der Waals surface area (Å²) in [4.78, 5) is 5.17. The van der Waals surface area contributed by atoms with E-state index in [0.717, 1.165) is 12.0 Å². The highest BCUT2D eigenvalue weighted by Gasteiger charge is 2.24. The summed E-state index contributed by atoms with van der Waals surface area (Å²) < 4.78 is 0. The summed E-state index contributed by atoms with van der Waals surface area (Å²) in [6, 6.07) is 0.757. The van der Waals surface area contributed by atoms with Crippen molar-refractivity contribution < 1.29 is 0 Å². The third-order valence-electron chi connectivity index (χ3n) is 4.82. The van der Waals surface area contributed by atoms with E-state index in [-0.39, 0.29) is 0 Å². The second-order valence-electron chi connectivity index (χ2n) is 6.25. The lowest BCUT2D eigenvalue weighted by Crippen LogP contribution is -2.43. The van der Waals surface area contributed by atoms with E-state index in [1.165, 1.54) is 71.2 Å². The molecule has 2 aliphatic rings. The predicted octanol–water partition coefficient (Wildman–Crippen LogP) is 1.79. The lowest BCUT2D eigenvalue weighted by Gasteiger charge is -2.34. The van der Waals surface area contributed by atoms with Crippen molar-refractivity contribution in [3.8, 4) is 0 Å². The average molecular weight is 253 g/mol. The lowest BCUT2D eigenvalue weighted by atomic mass is 9.84. The normalized spacial score (nSPS) is 30.2. The van der Waals surface area contributed by atoms with Gasteiger partial charge in [0.2, 0.25) is 0 Å². The van der Waals surface area contributed by atoms with Gasteiger partial charge < -0.3 is 15.1 Å². The van der Waals surface area contributed by atoms with E-state index >= 15 is 0 Å². The molecule has 3 nitrogen and oxygen atoms in total. The Labute approximate surface area is 113 Å². The summed E-state index contributed by atoms with van der Waals surface area (Å²) in [5.74, 6) is 0.868. The molecule has 2 atom stereocenters. The molecule has 0 aromatic heterocycles. The topological polar surface area (TPSA) is 18.5 Å². The molecule has 2 fully saturated rings. The Balaban J connectivity index is 1.66. The monoisotopic (exact) mass is 253 g/mol. The average Bonchev–Trinajstić information content (AvgIpc) is 2.90. The van der Waals surface area contributed by atoms with Gasteiger partial charge in [0.05, 0.1) is 0 Å². The van der Waals surface area contributed by atoms with Gasteiger partial charge in [-0.3, -0.25) is 0 Å². The van der Waals surface area contributed by atoms with Crippen LogP contribution in [0, 0.1) is 5.92 Å². The lowest BCUT2D eigenvalue weighted by molar-refractivity contribution is 0.180. The minimum atomic E-state index is 0.757. The molecule has 1 N–H and O–H groups in total. The number of hydrogen-bond donors (Lipinski definition) is 1. The molecular formula is C15H31N3. The Morgan fingerprint density at radius 3 is 2.56 bits per heavy atom. The molecule has 0 radical (unpaired) electrons. The summed E-state index contributed by atoms with van der Waals surface area (Å²) in [6.45, 7) is 6.45. The molecule has 1 saturated carbocycles. The zero-order valence-corrected chi connectivity index (χ0v) is 12.3. The molecule has 2 unspecified atom stereocenters. The minimum Gasteiger partial charge on any atom is -0.317 e. The maximum atomic E-state index is 3.52. The van der Waals surface area contributed by atoms with E-state index in [0.29, 0.717) is 0 Å². The van der Waals surface area contributed by atoms with E-state index in [4.69, 9.17) is 0 Å². The molecular weight excluding hydrogens is 222 g/mol. The van der Waals surface area contributed by atoms with Gasteiger partial charge in [-0.15, -0.1) is 0 Å². The Bertz CT molecular complexity index is 226. The molecule has 18 heavy (non-hydrogen) atoms. The fraction of sp³-hybridized carbons (Fsp3) is 1.00. The summed E-state index contributed by atoms with van der Waals surface area (Å²) in [7, 11) is 4.44.